The average Bonchev–Trinajstić information content (AvgIpc) is 2.33. The molecule has 2 aliphatic rings. The number of hydrogen-bond acceptors (Lipinski definition) is 0. The minimum absolute atomic E-state index is 0.742. The minimum atomic E-state index is 0.742. The Morgan fingerprint density at radius 1 is 0.733 bits per heavy atom. The number of hydrogen-bond donors (Lipinski definition) is 0. The van der Waals surface area contributed by atoms with Gasteiger partial charge in [0, 0.05) is 11.1 Å². The van der Waals surface area contributed by atoms with Crippen LogP contribution >= 0.6 is 23.2 Å². The predicted octanol–water partition coefficient (Wildman–Crippen LogP) is 5.02. The SMILES string of the molecule is Cc1cc(C)c2c(Cl)cc(Cl)c-2c(C)c1. The summed E-state index contributed by atoms with van der Waals surface area (Å²) in [5.41, 5.74) is 5.73. The molecule has 0 radical (unpaired) electrons. The first-order chi connectivity index (χ1) is 7.00. The van der Waals surface area contributed by atoms with E-state index in [1.54, 1.807) is 0 Å². The third-order valence-electron chi connectivity index (χ3n) is 2.66. The van der Waals surface area contributed by atoms with Gasteiger partial charge in [-0.2, -0.15) is 0 Å². The first-order valence-corrected chi connectivity index (χ1v) is 5.62. The molecule has 0 nitrogen and oxygen atoms in total. The second-order valence-electron chi connectivity index (χ2n) is 3.99. The summed E-state index contributed by atoms with van der Waals surface area (Å²) in [6.45, 7) is 6.22. The number of aryl methyl sites for hydroxylation is 3. The van der Waals surface area contributed by atoms with Crippen molar-refractivity contribution in [1.29, 1.82) is 0 Å². The van der Waals surface area contributed by atoms with Gasteiger partial charge in [-0.15, -0.1) is 0 Å². The van der Waals surface area contributed by atoms with Crippen LogP contribution < -0.4 is 0 Å². The molecule has 15 heavy (non-hydrogen) atoms. The van der Waals surface area contributed by atoms with Gasteiger partial charge in [0.15, 0.2) is 0 Å². The van der Waals surface area contributed by atoms with Gasteiger partial charge >= 0.3 is 0 Å². The molecule has 0 amide bonds. The molecule has 0 fully saturated rings. The molecule has 0 spiro atoms. The standard InChI is InChI=1S/C13H12Cl2/c1-7-4-8(2)12-10(14)6-11(15)13(12)9(3)5-7/h4-6H,1-3H3. The summed E-state index contributed by atoms with van der Waals surface area (Å²) in [7, 11) is 0. The van der Waals surface area contributed by atoms with E-state index in [9.17, 15) is 0 Å². The van der Waals surface area contributed by atoms with Crippen LogP contribution in [0.4, 0.5) is 0 Å². The third-order valence-corrected chi connectivity index (χ3v) is 3.25. The van der Waals surface area contributed by atoms with E-state index in [2.05, 4.69) is 32.9 Å². The van der Waals surface area contributed by atoms with Gasteiger partial charge in [-0.25, -0.2) is 0 Å². The molecule has 0 heterocycles. The van der Waals surface area contributed by atoms with Crippen LogP contribution in [0.2, 0.25) is 10.0 Å². The Morgan fingerprint density at radius 3 is 1.53 bits per heavy atom. The molecule has 0 N–H and O–H groups in total. The number of rotatable bonds is 0. The summed E-state index contributed by atoms with van der Waals surface area (Å²) < 4.78 is 0. The lowest BCUT2D eigenvalue weighted by atomic mass is 10.1. The van der Waals surface area contributed by atoms with Gasteiger partial charge < -0.3 is 0 Å². The maximum atomic E-state index is 6.18. The van der Waals surface area contributed by atoms with E-state index < -0.39 is 0 Å². The summed E-state index contributed by atoms with van der Waals surface area (Å²) in [6, 6.07) is 6.10. The molecule has 0 saturated carbocycles. The van der Waals surface area contributed by atoms with Crippen molar-refractivity contribution in [2.75, 3.05) is 0 Å². The fourth-order valence-electron chi connectivity index (χ4n) is 2.13. The van der Waals surface area contributed by atoms with Crippen molar-refractivity contribution in [2.24, 2.45) is 0 Å². The van der Waals surface area contributed by atoms with Gasteiger partial charge in [0.25, 0.3) is 0 Å². The Kier molecular flexibility index (Phi) is 2.66. The minimum Gasteiger partial charge on any atom is -0.0836 e. The zero-order chi connectivity index (χ0) is 11.2. The van der Waals surface area contributed by atoms with Crippen molar-refractivity contribution in [1.82, 2.24) is 0 Å². The zero-order valence-electron chi connectivity index (χ0n) is 8.99. The monoisotopic (exact) mass is 238 g/mol. The van der Waals surface area contributed by atoms with Crippen LogP contribution in [-0.4, -0.2) is 0 Å². The van der Waals surface area contributed by atoms with E-state index in [0.29, 0.717) is 0 Å². The summed E-state index contributed by atoms with van der Waals surface area (Å²) in [5, 5.41) is 1.48. The van der Waals surface area contributed by atoms with Gasteiger partial charge in [-0.1, -0.05) is 40.9 Å². The second-order valence-corrected chi connectivity index (χ2v) is 4.80. The largest absolute Gasteiger partial charge is 0.0836 e. The molecule has 78 valence electrons. The van der Waals surface area contributed by atoms with Crippen LogP contribution in [0.15, 0.2) is 18.2 Å². The molecule has 0 aromatic rings. The maximum Gasteiger partial charge on any atom is 0.0502 e. The fraction of sp³-hybridized carbons (Fsp3) is 0.231. The van der Waals surface area contributed by atoms with E-state index >= 15 is 0 Å². The Balaban J connectivity index is 2.94. The van der Waals surface area contributed by atoms with Crippen LogP contribution in [0.1, 0.15) is 16.7 Å². The molecule has 0 aliphatic heterocycles. The Labute approximate surface area is 100 Å². The number of fused-ring (bicyclic) bond motifs is 1. The second kappa shape index (κ2) is 3.70. The van der Waals surface area contributed by atoms with Gasteiger partial charge in [0.05, 0.1) is 10.0 Å². The van der Waals surface area contributed by atoms with Crippen molar-refractivity contribution in [3.05, 3.63) is 44.9 Å². The predicted molar refractivity (Wildman–Crippen MR) is 67.3 cm³/mol. The van der Waals surface area contributed by atoms with Crippen molar-refractivity contribution >= 4 is 23.2 Å². The molecule has 2 heteroatoms. The maximum absolute atomic E-state index is 6.18. The highest BCUT2D eigenvalue weighted by molar-refractivity contribution is 6.40. The Bertz CT molecular complexity index is 458. The lowest BCUT2D eigenvalue weighted by molar-refractivity contribution is 1.42. The molecule has 0 aromatic heterocycles. The van der Waals surface area contributed by atoms with Crippen molar-refractivity contribution < 1.29 is 0 Å². The van der Waals surface area contributed by atoms with Gasteiger partial charge in [-0.05, 0) is 38.0 Å². The average molecular weight is 239 g/mol. The topological polar surface area (TPSA) is 0 Å². The normalized spacial score (nSPS) is 11.0. The summed E-state index contributed by atoms with van der Waals surface area (Å²) >= 11 is 12.4. The lowest BCUT2D eigenvalue weighted by Gasteiger charge is -2.01. The summed E-state index contributed by atoms with van der Waals surface area (Å²) in [6.07, 6.45) is 0. The molecule has 0 aromatic carbocycles. The Hall–Kier alpha value is -0.720. The van der Waals surface area contributed by atoms with E-state index in [4.69, 9.17) is 23.2 Å². The fourth-order valence-corrected chi connectivity index (χ4v) is 2.90. The van der Waals surface area contributed by atoms with Crippen LogP contribution in [0, 0.1) is 20.8 Å². The molecule has 0 atom stereocenters. The molecule has 2 aliphatic carbocycles. The van der Waals surface area contributed by atoms with Crippen LogP contribution in [0.5, 0.6) is 0 Å². The molecule has 0 unspecified atom stereocenters. The number of halogens is 2. The van der Waals surface area contributed by atoms with Crippen molar-refractivity contribution in [2.45, 2.75) is 20.8 Å². The first kappa shape index (κ1) is 10.8. The van der Waals surface area contributed by atoms with Gasteiger partial charge in [-0.3, -0.25) is 0 Å². The highest BCUT2D eigenvalue weighted by Gasteiger charge is 2.17. The molecule has 0 saturated heterocycles. The van der Waals surface area contributed by atoms with E-state index in [1.807, 2.05) is 6.07 Å². The van der Waals surface area contributed by atoms with Crippen molar-refractivity contribution in [3.63, 3.8) is 0 Å². The first-order valence-electron chi connectivity index (χ1n) is 4.86. The highest BCUT2D eigenvalue weighted by atomic mass is 35.5. The van der Waals surface area contributed by atoms with Crippen molar-refractivity contribution in [3.8, 4) is 11.1 Å². The van der Waals surface area contributed by atoms with Gasteiger partial charge in [0.2, 0.25) is 0 Å². The van der Waals surface area contributed by atoms with E-state index in [1.165, 1.54) is 16.7 Å². The molecular formula is C13H12Cl2. The van der Waals surface area contributed by atoms with E-state index in [0.717, 1.165) is 21.2 Å². The summed E-state index contributed by atoms with van der Waals surface area (Å²) in [4.78, 5) is 0. The van der Waals surface area contributed by atoms with Crippen LogP contribution in [0.3, 0.4) is 0 Å². The quantitative estimate of drug-likeness (QED) is 0.605. The molecule has 0 bridgehead atoms. The highest BCUT2D eigenvalue weighted by Crippen LogP contribution is 2.42. The van der Waals surface area contributed by atoms with Crippen LogP contribution in [-0.2, 0) is 0 Å². The van der Waals surface area contributed by atoms with E-state index in [-0.39, 0.29) is 0 Å². The van der Waals surface area contributed by atoms with Gasteiger partial charge in [0.1, 0.15) is 0 Å². The summed E-state index contributed by atoms with van der Waals surface area (Å²) in [5.74, 6) is 0. The third kappa shape index (κ3) is 1.73. The smallest absolute Gasteiger partial charge is 0.0502 e. The lowest BCUT2D eigenvalue weighted by Crippen LogP contribution is -1.78. The molecule has 2 rings (SSSR count). The molecular weight excluding hydrogens is 227 g/mol. The Morgan fingerprint density at radius 2 is 1.13 bits per heavy atom. The zero-order valence-corrected chi connectivity index (χ0v) is 10.5. The van der Waals surface area contributed by atoms with Crippen LogP contribution in [0.25, 0.3) is 11.1 Å².